The van der Waals surface area contributed by atoms with E-state index in [0.29, 0.717) is 17.0 Å². The van der Waals surface area contributed by atoms with E-state index in [0.717, 1.165) is 5.56 Å². The summed E-state index contributed by atoms with van der Waals surface area (Å²) in [5.74, 6) is 0.240. The van der Waals surface area contributed by atoms with Gasteiger partial charge in [-0.25, -0.2) is 0 Å². The molecule has 7 nitrogen and oxygen atoms in total. The lowest BCUT2D eigenvalue weighted by atomic mass is 10.1. The predicted octanol–water partition coefficient (Wildman–Crippen LogP) is 2.83. The fourth-order valence-electron chi connectivity index (χ4n) is 3.37. The van der Waals surface area contributed by atoms with Gasteiger partial charge in [0.25, 0.3) is 11.8 Å². The molecule has 2 aromatic carbocycles. The number of hydrogen-bond donors (Lipinski definition) is 2. The Labute approximate surface area is 177 Å². The molecule has 0 saturated carbocycles. The molecule has 2 aromatic rings. The van der Waals surface area contributed by atoms with Gasteiger partial charge in [-0.2, -0.15) is 0 Å². The number of methoxy groups -OCH3 is 1. The van der Waals surface area contributed by atoms with Crippen LogP contribution in [0.1, 0.15) is 36.7 Å². The lowest BCUT2D eigenvalue weighted by Gasteiger charge is -2.29. The second kappa shape index (κ2) is 8.10. The molecule has 1 aliphatic rings. The van der Waals surface area contributed by atoms with E-state index in [1.54, 1.807) is 38.4 Å². The SMILES string of the molecule is COc1ccc(CN2C(=O)c3ccccc3N(C)C(=O)/C2=C(/N)NC(C)(C)C)cc1. The molecule has 0 spiro atoms. The number of amides is 2. The summed E-state index contributed by atoms with van der Waals surface area (Å²) >= 11 is 0. The Kier molecular flexibility index (Phi) is 5.73. The van der Waals surface area contributed by atoms with Gasteiger partial charge in [-0.1, -0.05) is 24.3 Å². The molecule has 2 amide bonds. The van der Waals surface area contributed by atoms with Gasteiger partial charge in [0.2, 0.25) is 0 Å². The maximum absolute atomic E-state index is 13.5. The number of likely N-dealkylation sites (N-methyl/N-ethyl adjacent to an activating group) is 1. The monoisotopic (exact) mass is 408 g/mol. The molecule has 0 radical (unpaired) electrons. The molecule has 0 fully saturated rings. The largest absolute Gasteiger partial charge is 0.497 e. The molecule has 1 heterocycles. The van der Waals surface area contributed by atoms with Crippen molar-refractivity contribution in [2.45, 2.75) is 32.9 Å². The Hall–Kier alpha value is -3.48. The first-order valence-corrected chi connectivity index (χ1v) is 9.72. The fourth-order valence-corrected chi connectivity index (χ4v) is 3.37. The average molecular weight is 409 g/mol. The minimum absolute atomic E-state index is 0.129. The highest BCUT2D eigenvalue weighted by Gasteiger charge is 2.36. The van der Waals surface area contributed by atoms with E-state index in [2.05, 4.69) is 5.32 Å². The summed E-state index contributed by atoms with van der Waals surface area (Å²) in [5, 5.41) is 3.14. The van der Waals surface area contributed by atoms with Gasteiger partial charge in [0.1, 0.15) is 11.6 Å². The Balaban J connectivity index is 2.14. The molecular weight excluding hydrogens is 380 g/mol. The summed E-state index contributed by atoms with van der Waals surface area (Å²) in [7, 11) is 3.24. The van der Waals surface area contributed by atoms with Crippen LogP contribution in [0.15, 0.2) is 60.0 Å². The number of carbonyl (C=O) groups excluding carboxylic acids is 2. The molecule has 30 heavy (non-hydrogen) atoms. The minimum Gasteiger partial charge on any atom is -0.497 e. The third-order valence-electron chi connectivity index (χ3n) is 4.78. The lowest BCUT2D eigenvalue weighted by Crippen LogP contribution is -2.45. The van der Waals surface area contributed by atoms with E-state index >= 15 is 0 Å². The smallest absolute Gasteiger partial charge is 0.278 e. The number of carbonyl (C=O) groups is 2. The highest BCUT2D eigenvalue weighted by Crippen LogP contribution is 2.30. The molecule has 0 aromatic heterocycles. The number of nitrogens with zero attached hydrogens (tertiary/aromatic N) is 2. The third kappa shape index (κ3) is 4.25. The molecule has 0 bridgehead atoms. The molecule has 3 N–H and O–H groups in total. The highest BCUT2D eigenvalue weighted by atomic mass is 16.5. The van der Waals surface area contributed by atoms with Crippen molar-refractivity contribution in [1.82, 2.24) is 10.2 Å². The van der Waals surface area contributed by atoms with Gasteiger partial charge in [-0.05, 0) is 50.6 Å². The van der Waals surface area contributed by atoms with Crippen molar-refractivity contribution in [3.63, 3.8) is 0 Å². The lowest BCUT2D eigenvalue weighted by molar-refractivity contribution is -0.116. The Morgan fingerprint density at radius 2 is 1.67 bits per heavy atom. The van der Waals surface area contributed by atoms with Crippen molar-refractivity contribution in [3.05, 3.63) is 71.2 Å². The Bertz CT molecular complexity index is 990. The van der Waals surface area contributed by atoms with Crippen molar-refractivity contribution in [3.8, 4) is 5.75 Å². The Morgan fingerprint density at radius 1 is 1.03 bits per heavy atom. The van der Waals surface area contributed by atoms with Crippen LogP contribution < -0.4 is 20.7 Å². The number of nitrogens with one attached hydrogen (secondary N) is 1. The molecule has 7 heteroatoms. The molecule has 0 atom stereocenters. The number of fused-ring (bicyclic) bond motifs is 1. The molecule has 0 saturated heterocycles. The van der Waals surface area contributed by atoms with Crippen LogP contribution in [0.5, 0.6) is 5.75 Å². The van der Waals surface area contributed by atoms with Gasteiger partial charge in [-0.3, -0.25) is 14.5 Å². The molecule has 3 rings (SSSR count). The summed E-state index contributed by atoms with van der Waals surface area (Å²) < 4.78 is 5.21. The molecule has 1 aliphatic heterocycles. The number of benzene rings is 2. The second-order valence-corrected chi connectivity index (χ2v) is 8.26. The van der Waals surface area contributed by atoms with Gasteiger partial charge in [-0.15, -0.1) is 0 Å². The van der Waals surface area contributed by atoms with Gasteiger partial charge in [0, 0.05) is 12.6 Å². The predicted molar refractivity (Wildman–Crippen MR) is 117 cm³/mol. The number of hydrogen-bond acceptors (Lipinski definition) is 5. The zero-order chi connectivity index (χ0) is 22.1. The summed E-state index contributed by atoms with van der Waals surface area (Å²) in [6.07, 6.45) is 0. The van der Waals surface area contributed by atoms with Crippen LogP contribution in [0.3, 0.4) is 0 Å². The first-order valence-electron chi connectivity index (χ1n) is 9.72. The van der Waals surface area contributed by atoms with Crippen LogP contribution >= 0.6 is 0 Å². The van der Waals surface area contributed by atoms with Crippen LogP contribution in [-0.2, 0) is 11.3 Å². The van der Waals surface area contributed by atoms with Gasteiger partial charge in [0.15, 0.2) is 5.70 Å². The quantitative estimate of drug-likeness (QED) is 0.760. The first-order chi connectivity index (χ1) is 14.1. The van der Waals surface area contributed by atoms with E-state index in [9.17, 15) is 9.59 Å². The van der Waals surface area contributed by atoms with Crippen LogP contribution in [0.2, 0.25) is 0 Å². The highest BCUT2D eigenvalue weighted by molar-refractivity contribution is 6.16. The van der Waals surface area contributed by atoms with Crippen LogP contribution in [-0.4, -0.2) is 36.4 Å². The average Bonchev–Trinajstić information content (AvgIpc) is 2.77. The zero-order valence-corrected chi connectivity index (χ0v) is 18.0. The second-order valence-electron chi connectivity index (χ2n) is 8.26. The fraction of sp³-hybridized carbons (Fsp3) is 0.304. The summed E-state index contributed by atoms with van der Waals surface area (Å²) in [5.41, 5.74) is 7.93. The van der Waals surface area contributed by atoms with Gasteiger partial charge in [0.05, 0.1) is 24.9 Å². The van der Waals surface area contributed by atoms with Crippen LogP contribution in [0, 0.1) is 0 Å². The molecule has 158 valence electrons. The van der Waals surface area contributed by atoms with Crippen molar-refractivity contribution >= 4 is 17.5 Å². The number of anilines is 1. The maximum Gasteiger partial charge on any atom is 0.278 e. The first kappa shape index (κ1) is 21.2. The standard InChI is InChI=1S/C23H28N4O3/c1-23(2,3)25-20(24)19-22(29)26(4)18-9-7-6-8-17(18)21(28)27(19)14-15-10-12-16(30-5)13-11-15/h6-13,25H,14,24H2,1-5H3/b20-19+. The van der Waals surface area contributed by atoms with Gasteiger partial charge < -0.3 is 20.7 Å². The van der Waals surface area contributed by atoms with E-state index < -0.39 is 0 Å². The molecule has 0 aliphatic carbocycles. The molecular formula is C23H28N4O3. The summed E-state index contributed by atoms with van der Waals surface area (Å²) in [4.78, 5) is 29.9. The van der Waals surface area contributed by atoms with Gasteiger partial charge >= 0.3 is 0 Å². The number of ether oxygens (including phenoxy) is 1. The number of para-hydroxylation sites is 1. The normalized spacial score (nSPS) is 16.2. The van der Waals surface area contributed by atoms with Crippen molar-refractivity contribution in [2.75, 3.05) is 19.1 Å². The van der Waals surface area contributed by atoms with E-state index in [1.165, 1.54) is 9.80 Å². The topological polar surface area (TPSA) is 87.9 Å². The van der Waals surface area contributed by atoms with E-state index in [4.69, 9.17) is 10.5 Å². The van der Waals surface area contributed by atoms with E-state index in [-0.39, 0.29) is 35.4 Å². The molecule has 0 unspecified atom stereocenters. The van der Waals surface area contributed by atoms with Crippen molar-refractivity contribution in [1.29, 1.82) is 0 Å². The maximum atomic E-state index is 13.5. The third-order valence-corrected chi connectivity index (χ3v) is 4.78. The number of rotatable bonds is 4. The van der Waals surface area contributed by atoms with Crippen molar-refractivity contribution in [2.24, 2.45) is 5.73 Å². The van der Waals surface area contributed by atoms with Crippen LogP contribution in [0.4, 0.5) is 5.69 Å². The van der Waals surface area contributed by atoms with Crippen molar-refractivity contribution < 1.29 is 14.3 Å². The zero-order valence-electron chi connectivity index (χ0n) is 18.0. The van der Waals surface area contributed by atoms with E-state index in [1.807, 2.05) is 45.0 Å². The summed E-state index contributed by atoms with van der Waals surface area (Å²) in [6.45, 7) is 6.01. The number of nitrogens with two attached hydrogens (primary N) is 1. The summed E-state index contributed by atoms with van der Waals surface area (Å²) in [6, 6.07) is 14.4. The van der Waals surface area contributed by atoms with Crippen LogP contribution in [0.25, 0.3) is 0 Å². The minimum atomic E-state index is -0.385. The Morgan fingerprint density at radius 3 is 2.27 bits per heavy atom.